The molecule has 0 aliphatic heterocycles. The van der Waals surface area contributed by atoms with Crippen molar-refractivity contribution in [2.75, 3.05) is 12.4 Å². The molecule has 2 aromatic heterocycles. The number of aldehydes is 1. The third-order valence-corrected chi connectivity index (χ3v) is 4.63. The Bertz CT molecular complexity index is 933. The lowest BCUT2D eigenvalue weighted by Gasteiger charge is -1.96. The van der Waals surface area contributed by atoms with E-state index in [1.165, 1.54) is 11.3 Å². The summed E-state index contributed by atoms with van der Waals surface area (Å²) < 4.78 is 4.87. The number of benzene rings is 2. The lowest BCUT2D eigenvalue weighted by Crippen LogP contribution is -1.82. The van der Waals surface area contributed by atoms with E-state index in [-0.39, 0.29) is 0 Å². The molecule has 0 atom stereocenters. The number of carbonyl (C=O) groups is 1. The van der Waals surface area contributed by atoms with Crippen LogP contribution in [0.4, 0.5) is 5.88 Å². The van der Waals surface area contributed by atoms with Gasteiger partial charge < -0.3 is 9.73 Å². The number of thiazole rings is 1. The number of hydrogen-bond acceptors (Lipinski definition) is 5. The summed E-state index contributed by atoms with van der Waals surface area (Å²) in [6.45, 7) is 0. The van der Waals surface area contributed by atoms with E-state index >= 15 is 0 Å². The average Bonchev–Trinajstić information content (AvgIpc) is 3.39. The molecule has 0 saturated heterocycles. The summed E-state index contributed by atoms with van der Waals surface area (Å²) in [5.41, 5.74) is 2.78. The van der Waals surface area contributed by atoms with Crippen LogP contribution in [0.25, 0.3) is 21.8 Å². The average molecular weight is 362 g/mol. The Balaban J connectivity index is 0.000000236. The Morgan fingerprint density at radius 2 is 1.58 bits per heavy atom. The predicted octanol–water partition coefficient (Wildman–Crippen LogP) is 5.61. The van der Waals surface area contributed by atoms with Gasteiger partial charge in [-0.3, -0.25) is 4.79 Å². The number of furan rings is 1. The number of nitrogens with zero attached hydrogens (tertiary/aromatic N) is 1. The fourth-order valence-electron chi connectivity index (χ4n) is 2.34. The number of rotatable bonds is 4. The van der Waals surface area contributed by atoms with Crippen LogP contribution in [0.5, 0.6) is 0 Å². The van der Waals surface area contributed by atoms with Crippen molar-refractivity contribution in [1.82, 2.24) is 4.98 Å². The van der Waals surface area contributed by atoms with E-state index in [1.807, 2.05) is 79.8 Å². The predicted molar refractivity (Wildman–Crippen MR) is 107 cm³/mol. The molecule has 2 heterocycles. The van der Waals surface area contributed by atoms with Crippen molar-refractivity contribution < 1.29 is 9.21 Å². The minimum absolute atomic E-state index is 0.671. The Morgan fingerprint density at radius 1 is 0.923 bits per heavy atom. The Hall–Kier alpha value is -3.18. The fraction of sp³-hybridized carbons (Fsp3) is 0.0476. The number of anilines is 1. The van der Waals surface area contributed by atoms with Crippen LogP contribution in [0.15, 0.2) is 83.5 Å². The molecule has 4 rings (SSSR count). The van der Waals surface area contributed by atoms with Crippen molar-refractivity contribution in [3.8, 4) is 21.8 Å². The van der Waals surface area contributed by atoms with Crippen molar-refractivity contribution in [2.45, 2.75) is 0 Å². The molecule has 0 aliphatic carbocycles. The van der Waals surface area contributed by atoms with Crippen molar-refractivity contribution in [3.63, 3.8) is 0 Å². The zero-order valence-corrected chi connectivity index (χ0v) is 15.1. The molecular weight excluding hydrogens is 344 g/mol. The first-order valence-electron chi connectivity index (χ1n) is 8.10. The molecule has 0 radical (unpaired) electrons. The van der Waals surface area contributed by atoms with E-state index in [0.29, 0.717) is 4.88 Å². The topological polar surface area (TPSA) is 55.1 Å². The number of hydrogen-bond donors (Lipinski definition) is 1. The quantitative estimate of drug-likeness (QED) is 0.479. The number of aromatic nitrogens is 1. The highest BCUT2D eigenvalue weighted by Crippen LogP contribution is 2.32. The molecule has 0 fully saturated rings. The third kappa shape index (κ3) is 4.26. The van der Waals surface area contributed by atoms with Crippen LogP contribution in [-0.4, -0.2) is 18.3 Å². The minimum atomic E-state index is 0.671. The normalized spacial score (nSPS) is 9.88. The molecule has 4 nitrogen and oxygen atoms in total. The van der Waals surface area contributed by atoms with Gasteiger partial charge in [-0.1, -0.05) is 60.7 Å². The summed E-state index contributed by atoms with van der Waals surface area (Å²) in [5, 5.41) is 3.72. The highest BCUT2D eigenvalue weighted by Gasteiger charge is 2.13. The SMILES string of the molecule is CNc1ccco1.O=Cc1sc(-c2ccccc2)nc1-c1ccccc1. The van der Waals surface area contributed by atoms with Crippen molar-refractivity contribution in [1.29, 1.82) is 0 Å². The molecule has 0 aliphatic rings. The summed E-state index contributed by atoms with van der Waals surface area (Å²) in [6, 6.07) is 23.4. The van der Waals surface area contributed by atoms with Crippen LogP contribution >= 0.6 is 11.3 Å². The van der Waals surface area contributed by atoms with Gasteiger partial charge in [0.15, 0.2) is 12.2 Å². The maximum absolute atomic E-state index is 11.2. The smallest absolute Gasteiger partial charge is 0.192 e. The summed E-state index contributed by atoms with van der Waals surface area (Å²) in [7, 11) is 1.82. The van der Waals surface area contributed by atoms with Crippen LogP contribution in [0.3, 0.4) is 0 Å². The van der Waals surface area contributed by atoms with Gasteiger partial charge in [-0.15, -0.1) is 11.3 Å². The summed E-state index contributed by atoms with van der Waals surface area (Å²) in [4.78, 5) is 16.5. The van der Waals surface area contributed by atoms with Crippen molar-refractivity contribution >= 4 is 23.5 Å². The van der Waals surface area contributed by atoms with Gasteiger partial charge in [0, 0.05) is 24.2 Å². The molecule has 0 bridgehead atoms. The van der Waals surface area contributed by atoms with E-state index in [4.69, 9.17) is 4.42 Å². The van der Waals surface area contributed by atoms with E-state index < -0.39 is 0 Å². The Kier molecular flexibility index (Phi) is 5.96. The molecule has 0 saturated carbocycles. The molecule has 4 aromatic rings. The first-order valence-corrected chi connectivity index (χ1v) is 8.91. The van der Waals surface area contributed by atoms with Gasteiger partial charge in [0.2, 0.25) is 0 Å². The molecule has 0 amide bonds. The van der Waals surface area contributed by atoms with Crippen LogP contribution in [0.1, 0.15) is 9.67 Å². The molecule has 26 heavy (non-hydrogen) atoms. The fourth-order valence-corrected chi connectivity index (χ4v) is 3.25. The minimum Gasteiger partial charge on any atom is -0.449 e. The van der Waals surface area contributed by atoms with Gasteiger partial charge in [0.25, 0.3) is 0 Å². The first-order chi connectivity index (χ1) is 12.8. The molecule has 5 heteroatoms. The van der Waals surface area contributed by atoms with Gasteiger partial charge in [0.05, 0.1) is 16.8 Å². The lowest BCUT2D eigenvalue weighted by atomic mass is 10.1. The first kappa shape index (κ1) is 17.6. The van der Waals surface area contributed by atoms with Crippen molar-refractivity contribution in [3.05, 3.63) is 83.9 Å². The molecule has 0 spiro atoms. The van der Waals surface area contributed by atoms with Gasteiger partial charge in [-0.05, 0) is 6.07 Å². The Labute approximate surface area is 156 Å². The van der Waals surface area contributed by atoms with Gasteiger partial charge in [-0.25, -0.2) is 4.98 Å². The molecule has 130 valence electrons. The highest BCUT2D eigenvalue weighted by atomic mass is 32.1. The van der Waals surface area contributed by atoms with Gasteiger partial charge in [0.1, 0.15) is 5.01 Å². The largest absolute Gasteiger partial charge is 0.449 e. The third-order valence-electron chi connectivity index (χ3n) is 3.60. The van der Waals surface area contributed by atoms with E-state index in [2.05, 4.69) is 10.3 Å². The second-order valence-electron chi connectivity index (χ2n) is 5.31. The number of nitrogens with one attached hydrogen (secondary N) is 1. The maximum Gasteiger partial charge on any atom is 0.192 e. The van der Waals surface area contributed by atoms with Crippen LogP contribution in [0, 0.1) is 0 Å². The second-order valence-corrected chi connectivity index (χ2v) is 6.34. The van der Waals surface area contributed by atoms with Crippen LogP contribution < -0.4 is 5.32 Å². The maximum atomic E-state index is 11.2. The summed E-state index contributed by atoms with van der Waals surface area (Å²) >= 11 is 1.43. The monoisotopic (exact) mass is 362 g/mol. The zero-order chi connectivity index (χ0) is 18.2. The van der Waals surface area contributed by atoms with E-state index in [9.17, 15) is 4.79 Å². The van der Waals surface area contributed by atoms with Crippen molar-refractivity contribution in [2.24, 2.45) is 0 Å². The van der Waals surface area contributed by atoms with Crippen LogP contribution in [0.2, 0.25) is 0 Å². The molecule has 2 aromatic carbocycles. The molecule has 1 N–H and O–H groups in total. The van der Waals surface area contributed by atoms with Gasteiger partial charge in [-0.2, -0.15) is 0 Å². The Morgan fingerprint density at radius 3 is 2.08 bits per heavy atom. The van der Waals surface area contributed by atoms with E-state index in [1.54, 1.807) is 6.26 Å². The zero-order valence-electron chi connectivity index (χ0n) is 14.3. The van der Waals surface area contributed by atoms with Gasteiger partial charge >= 0.3 is 0 Å². The van der Waals surface area contributed by atoms with Crippen LogP contribution in [-0.2, 0) is 0 Å². The molecule has 0 unspecified atom stereocenters. The highest BCUT2D eigenvalue weighted by molar-refractivity contribution is 7.17. The molecular formula is C21H18N2O2S. The second kappa shape index (κ2) is 8.78. The lowest BCUT2D eigenvalue weighted by molar-refractivity contribution is 0.112. The van der Waals surface area contributed by atoms with E-state index in [0.717, 1.165) is 34.0 Å². The standard InChI is InChI=1S/C16H11NOS.C5H7NO/c18-11-14-15(12-7-3-1-4-8-12)17-16(19-14)13-9-5-2-6-10-13;1-6-5-3-2-4-7-5/h1-11H;2-4,6H,1H3. The summed E-state index contributed by atoms with van der Waals surface area (Å²) in [5.74, 6) is 0.806. The number of carbonyl (C=O) groups excluding carboxylic acids is 1. The summed E-state index contributed by atoms with van der Waals surface area (Å²) in [6.07, 6.45) is 2.51.